The minimum Gasteiger partial charge on any atom is -0.456 e. The van der Waals surface area contributed by atoms with Gasteiger partial charge in [0.15, 0.2) is 0 Å². The van der Waals surface area contributed by atoms with E-state index in [4.69, 9.17) is 9.88 Å². The van der Waals surface area contributed by atoms with Crippen LogP contribution in [0.15, 0.2) is 59.5 Å². The van der Waals surface area contributed by atoms with Crippen molar-refractivity contribution < 1.29 is 4.74 Å². The molecule has 0 aromatic heterocycles. The van der Waals surface area contributed by atoms with Crippen molar-refractivity contribution in [2.75, 3.05) is 0 Å². The summed E-state index contributed by atoms with van der Waals surface area (Å²) in [6, 6.07) is 17.4. The first kappa shape index (κ1) is 10.1. The molecule has 2 aromatic carbocycles. The van der Waals surface area contributed by atoms with E-state index < -0.39 is 0 Å². The van der Waals surface area contributed by atoms with Crippen molar-refractivity contribution in [3.8, 4) is 11.5 Å². The Balaban J connectivity index is 2.24. The first-order chi connectivity index (χ1) is 7.40. The van der Waals surface area contributed by atoms with Crippen LogP contribution in [-0.2, 0) is 0 Å². The number of hydrogen-bond acceptors (Lipinski definition) is 3. The molecule has 0 aliphatic rings. The van der Waals surface area contributed by atoms with Crippen LogP contribution >= 0.6 is 11.9 Å². The molecule has 0 aliphatic heterocycles. The molecule has 76 valence electrons. The molecule has 3 heteroatoms. The Hall–Kier alpha value is -1.45. The van der Waals surface area contributed by atoms with Gasteiger partial charge in [-0.15, -0.1) is 0 Å². The number of para-hydroxylation sites is 2. The average Bonchev–Trinajstić information content (AvgIpc) is 2.31. The molecule has 0 fully saturated rings. The molecule has 0 saturated heterocycles. The predicted octanol–water partition coefficient (Wildman–Crippen LogP) is 3.44. The van der Waals surface area contributed by atoms with Crippen molar-refractivity contribution >= 4 is 11.9 Å². The van der Waals surface area contributed by atoms with Gasteiger partial charge >= 0.3 is 0 Å². The Kier molecular flexibility index (Phi) is 3.27. The largest absolute Gasteiger partial charge is 0.456 e. The molecule has 2 nitrogen and oxygen atoms in total. The highest BCUT2D eigenvalue weighted by molar-refractivity contribution is 7.97. The highest BCUT2D eigenvalue weighted by Gasteiger charge is 2.02. The molecule has 15 heavy (non-hydrogen) atoms. The van der Waals surface area contributed by atoms with E-state index in [0.717, 1.165) is 16.4 Å². The van der Waals surface area contributed by atoms with E-state index in [1.54, 1.807) is 0 Å². The van der Waals surface area contributed by atoms with Crippen molar-refractivity contribution in [2.24, 2.45) is 5.14 Å². The van der Waals surface area contributed by atoms with E-state index in [9.17, 15) is 0 Å². The van der Waals surface area contributed by atoms with Gasteiger partial charge in [-0.3, -0.25) is 5.14 Å². The second-order valence-electron chi connectivity index (χ2n) is 2.98. The Morgan fingerprint density at radius 1 is 0.867 bits per heavy atom. The Morgan fingerprint density at radius 3 is 2.27 bits per heavy atom. The minimum absolute atomic E-state index is 0.788. The third-order valence-corrected chi connectivity index (χ3v) is 2.54. The lowest BCUT2D eigenvalue weighted by atomic mass is 10.3. The zero-order chi connectivity index (χ0) is 10.5. The van der Waals surface area contributed by atoms with E-state index in [1.165, 1.54) is 11.9 Å². The molecule has 0 spiro atoms. The Labute approximate surface area is 93.2 Å². The number of hydrogen-bond donors (Lipinski definition) is 1. The van der Waals surface area contributed by atoms with E-state index in [0.29, 0.717) is 0 Å². The molecule has 0 atom stereocenters. The van der Waals surface area contributed by atoms with Crippen LogP contribution in [0.1, 0.15) is 0 Å². The van der Waals surface area contributed by atoms with Crippen LogP contribution in [0.5, 0.6) is 11.5 Å². The summed E-state index contributed by atoms with van der Waals surface area (Å²) in [5.41, 5.74) is 0. The lowest BCUT2D eigenvalue weighted by Crippen LogP contribution is -1.88. The molecule has 0 amide bonds. The fourth-order valence-electron chi connectivity index (χ4n) is 1.25. The summed E-state index contributed by atoms with van der Waals surface area (Å²) >= 11 is 1.19. The second-order valence-corrected chi connectivity index (χ2v) is 3.66. The SMILES string of the molecule is NSc1ccccc1Oc1ccccc1. The molecule has 0 heterocycles. The van der Waals surface area contributed by atoms with Crippen LogP contribution in [0, 0.1) is 0 Å². The van der Waals surface area contributed by atoms with Crippen LogP contribution in [-0.4, -0.2) is 0 Å². The predicted molar refractivity (Wildman–Crippen MR) is 63.0 cm³/mol. The minimum atomic E-state index is 0.788. The van der Waals surface area contributed by atoms with Crippen molar-refractivity contribution in [1.29, 1.82) is 0 Å². The maximum atomic E-state index is 5.70. The third-order valence-electron chi connectivity index (χ3n) is 1.95. The fraction of sp³-hybridized carbons (Fsp3) is 0. The van der Waals surface area contributed by atoms with Crippen molar-refractivity contribution in [2.45, 2.75) is 4.90 Å². The lowest BCUT2D eigenvalue weighted by Gasteiger charge is -2.08. The summed E-state index contributed by atoms with van der Waals surface area (Å²) in [5.74, 6) is 1.61. The second kappa shape index (κ2) is 4.87. The Morgan fingerprint density at radius 2 is 1.53 bits per heavy atom. The fourth-order valence-corrected chi connectivity index (χ4v) is 1.63. The number of rotatable bonds is 3. The van der Waals surface area contributed by atoms with E-state index in [1.807, 2.05) is 54.6 Å². The van der Waals surface area contributed by atoms with Crippen molar-refractivity contribution in [1.82, 2.24) is 0 Å². The van der Waals surface area contributed by atoms with Crippen molar-refractivity contribution in [3.63, 3.8) is 0 Å². The van der Waals surface area contributed by atoms with E-state index >= 15 is 0 Å². The Bertz CT molecular complexity index is 431. The zero-order valence-corrected chi connectivity index (χ0v) is 8.91. The van der Waals surface area contributed by atoms with Gasteiger partial charge in [-0.05, 0) is 36.2 Å². The van der Waals surface area contributed by atoms with Gasteiger partial charge < -0.3 is 4.74 Å². The van der Waals surface area contributed by atoms with Crippen LogP contribution in [0.4, 0.5) is 0 Å². The maximum absolute atomic E-state index is 5.70. The van der Waals surface area contributed by atoms with Gasteiger partial charge in [-0.2, -0.15) is 0 Å². The summed E-state index contributed by atoms with van der Waals surface area (Å²) in [7, 11) is 0. The third kappa shape index (κ3) is 2.52. The molecule has 2 aromatic rings. The van der Waals surface area contributed by atoms with Crippen LogP contribution < -0.4 is 9.88 Å². The summed E-state index contributed by atoms with van der Waals surface area (Å²) < 4.78 is 5.70. The zero-order valence-electron chi connectivity index (χ0n) is 8.09. The summed E-state index contributed by atoms with van der Waals surface area (Å²) in [4.78, 5) is 0.932. The van der Waals surface area contributed by atoms with Gasteiger partial charge in [0.05, 0.1) is 4.90 Å². The molecule has 2 N–H and O–H groups in total. The molecule has 0 radical (unpaired) electrons. The molecular formula is C12H11NOS. The topological polar surface area (TPSA) is 35.2 Å². The molecule has 0 saturated carbocycles. The van der Waals surface area contributed by atoms with Gasteiger partial charge in [0.1, 0.15) is 11.5 Å². The highest BCUT2D eigenvalue weighted by atomic mass is 32.2. The molecule has 0 aliphatic carbocycles. The first-order valence-corrected chi connectivity index (χ1v) is 5.47. The van der Waals surface area contributed by atoms with Crippen LogP contribution in [0.2, 0.25) is 0 Å². The quantitative estimate of drug-likeness (QED) is 0.800. The normalized spacial score (nSPS) is 9.93. The maximum Gasteiger partial charge on any atom is 0.142 e. The lowest BCUT2D eigenvalue weighted by molar-refractivity contribution is 0.471. The molecular weight excluding hydrogens is 206 g/mol. The monoisotopic (exact) mass is 217 g/mol. The number of benzene rings is 2. The smallest absolute Gasteiger partial charge is 0.142 e. The summed E-state index contributed by atoms with van der Waals surface area (Å²) in [5, 5.41) is 5.54. The van der Waals surface area contributed by atoms with Gasteiger partial charge in [0.25, 0.3) is 0 Å². The molecule has 2 rings (SSSR count). The van der Waals surface area contributed by atoms with E-state index in [-0.39, 0.29) is 0 Å². The first-order valence-electron chi connectivity index (χ1n) is 4.59. The molecule has 0 bridgehead atoms. The van der Waals surface area contributed by atoms with E-state index in [2.05, 4.69) is 0 Å². The summed E-state index contributed by atoms with van der Waals surface area (Å²) in [6.07, 6.45) is 0. The van der Waals surface area contributed by atoms with Gasteiger partial charge in [0, 0.05) is 0 Å². The number of ether oxygens (including phenoxy) is 1. The van der Waals surface area contributed by atoms with Gasteiger partial charge in [-0.1, -0.05) is 30.3 Å². The molecule has 0 unspecified atom stereocenters. The van der Waals surface area contributed by atoms with Crippen LogP contribution in [0.3, 0.4) is 0 Å². The van der Waals surface area contributed by atoms with Crippen LogP contribution in [0.25, 0.3) is 0 Å². The number of nitrogens with two attached hydrogens (primary N) is 1. The summed E-state index contributed by atoms with van der Waals surface area (Å²) in [6.45, 7) is 0. The van der Waals surface area contributed by atoms with Gasteiger partial charge in [-0.25, -0.2) is 0 Å². The average molecular weight is 217 g/mol. The standard InChI is InChI=1S/C12H11NOS/c13-15-12-9-5-4-8-11(12)14-10-6-2-1-3-7-10/h1-9H,13H2. The van der Waals surface area contributed by atoms with Crippen molar-refractivity contribution in [3.05, 3.63) is 54.6 Å². The van der Waals surface area contributed by atoms with Gasteiger partial charge in [0.2, 0.25) is 0 Å². The highest BCUT2D eigenvalue weighted by Crippen LogP contribution is 2.29.